The molecule has 0 radical (unpaired) electrons. The lowest BCUT2D eigenvalue weighted by atomic mass is 9.93. The van der Waals surface area contributed by atoms with Crippen LogP contribution in [0, 0.1) is 0 Å². The Balaban J connectivity index is 1.52. The number of amides is 2. The number of benzene rings is 1. The number of alkyl halides is 3. The Kier molecular flexibility index (Phi) is 6.59. The van der Waals surface area contributed by atoms with Gasteiger partial charge in [-0.2, -0.15) is 13.2 Å². The first-order chi connectivity index (χ1) is 14.3. The number of piperidine rings is 1. The maximum atomic E-state index is 12.6. The number of esters is 1. The molecule has 1 N–H and O–H groups in total. The molecular formula is C21H22F3N3O3. The van der Waals surface area contributed by atoms with Crippen LogP contribution >= 0.6 is 0 Å². The van der Waals surface area contributed by atoms with Crippen molar-refractivity contribution in [2.45, 2.75) is 31.9 Å². The Morgan fingerprint density at radius 2 is 1.80 bits per heavy atom. The van der Waals surface area contributed by atoms with Gasteiger partial charge in [-0.15, -0.1) is 0 Å². The number of anilines is 1. The highest BCUT2D eigenvalue weighted by Gasteiger charge is 2.30. The standard InChI is InChI=1S/C21H22F3N3O3/c1-2-30-19(28)15-3-8-18(25-13-15)14-9-11-27(12-10-14)20(29)26-17-6-4-16(5-7-17)21(22,23)24/h3-8,13-14H,2,9-12H2,1H3,(H,26,29). The minimum absolute atomic E-state index is 0.163. The third-order valence-electron chi connectivity index (χ3n) is 4.96. The van der Waals surface area contributed by atoms with Gasteiger partial charge in [0.2, 0.25) is 0 Å². The Labute approximate surface area is 172 Å². The zero-order valence-corrected chi connectivity index (χ0v) is 16.4. The molecule has 1 aromatic heterocycles. The van der Waals surface area contributed by atoms with Gasteiger partial charge in [0.15, 0.2) is 0 Å². The zero-order valence-electron chi connectivity index (χ0n) is 16.4. The number of pyridine rings is 1. The summed E-state index contributed by atoms with van der Waals surface area (Å²) in [5, 5.41) is 2.63. The highest BCUT2D eigenvalue weighted by molar-refractivity contribution is 5.89. The topological polar surface area (TPSA) is 71.5 Å². The van der Waals surface area contributed by atoms with E-state index in [2.05, 4.69) is 10.3 Å². The molecule has 1 aliphatic rings. The summed E-state index contributed by atoms with van der Waals surface area (Å²) in [6.07, 6.45) is -1.51. The molecule has 1 aromatic carbocycles. The van der Waals surface area contributed by atoms with Crippen molar-refractivity contribution in [2.24, 2.45) is 0 Å². The molecule has 2 aromatic rings. The molecule has 3 rings (SSSR count). The first-order valence-electron chi connectivity index (χ1n) is 9.64. The van der Waals surface area contributed by atoms with Crippen molar-refractivity contribution < 1.29 is 27.5 Å². The largest absolute Gasteiger partial charge is 0.462 e. The Bertz CT molecular complexity index is 875. The van der Waals surface area contributed by atoms with Gasteiger partial charge in [0.05, 0.1) is 17.7 Å². The first-order valence-corrected chi connectivity index (χ1v) is 9.64. The Morgan fingerprint density at radius 1 is 1.13 bits per heavy atom. The molecular weight excluding hydrogens is 399 g/mol. The van der Waals surface area contributed by atoms with E-state index >= 15 is 0 Å². The molecule has 0 spiro atoms. The van der Waals surface area contributed by atoms with E-state index in [4.69, 9.17) is 4.74 Å². The van der Waals surface area contributed by atoms with Gasteiger partial charge in [0.25, 0.3) is 0 Å². The second kappa shape index (κ2) is 9.15. The van der Waals surface area contributed by atoms with E-state index < -0.39 is 17.7 Å². The molecule has 0 saturated carbocycles. The van der Waals surface area contributed by atoms with E-state index in [0.29, 0.717) is 43.8 Å². The van der Waals surface area contributed by atoms with Crippen LogP contribution in [-0.2, 0) is 10.9 Å². The Morgan fingerprint density at radius 3 is 2.33 bits per heavy atom. The van der Waals surface area contributed by atoms with Gasteiger partial charge in [-0.05, 0) is 56.2 Å². The first kappa shape index (κ1) is 21.6. The van der Waals surface area contributed by atoms with Crippen molar-refractivity contribution in [3.8, 4) is 0 Å². The SMILES string of the molecule is CCOC(=O)c1ccc(C2CCN(C(=O)Nc3ccc(C(F)(F)F)cc3)CC2)nc1. The van der Waals surface area contributed by atoms with Crippen LogP contribution in [0.1, 0.15) is 47.3 Å². The maximum absolute atomic E-state index is 12.6. The van der Waals surface area contributed by atoms with Crippen LogP contribution in [-0.4, -0.2) is 41.6 Å². The fourth-order valence-corrected chi connectivity index (χ4v) is 3.31. The molecule has 0 aliphatic carbocycles. The van der Waals surface area contributed by atoms with Gasteiger partial charge < -0.3 is 15.0 Å². The van der Waals surface area contributed by atoms with Gasteiger partial charge in [0.1, 0.15) is 0 Å². The number of nitrogens with one attached hydrogen (secondary N) is 1. The quantitative estimate of drug-likeness (QED) is 0.727. The molecule has 1 fully saturated rings. The monoisotopic (exact) mass is 421 g/mol. The number of aromatic nitrogens is 1. The molecule has 0 atom stereocenters. The average Bonchev–Trinajstić information content (AvgIpc) is 2.74. The molecule has 2 heterocycles. The highest BCUT2D eigenvalue weighted by atomic mass is 19.4. The van der Waals surface area contributed by atoms with Crippen LogP contribution in [0.3, 0.4) is 0 Å². The number of hydrogen-bond donors (Lipinski definition) is 1. The number of rotatable bonds is 4. The summed E-state index contributed by atoms with van der Waals surface area (Å²) in [7, 11) is 0. The summed E-state index contributed by atoms with van der Waals surface area (Å²) in [5.74, 6) is -0.248. The summed E-state index contributed by atoms with van der Waals surface area (Å²) >= 11 is 0. The summed E-state index contributed by atoms with van der Waals surface area (Å²) in [5.41, 5.74) is 0.800. The molecule has 30 heavy (non-hydrogen) atoms. The van der Waals surface area contributed by atoms with Crippen molar-refractivity contribution in [1.82, 2.24) is 9.88 Å². The average molecular weight is 421 g/mol. The molecule has 0 bridgehead atoms. The van der Waals surface area contributed by atoms with E-state index in [1.165, 1.54) is 18.3 Å². The molecule has 160 valence electrons. The van der Waals surface area contributed by atoms with Crippen molar-refractivity contribution in [1.29, 1.82) is 0 Å². The molecule has 1 saturated heterocycles. The number of ether oxygens (including phenoxy) is 1. The lowest BCUT2D eigenvalue weighted by Gasteiger charge is -2.31. The molecule has 9 heteroatoms. The van der Waals surface area contributed by atoms with E-state index in [9.17, 15) is 22.8 Å². The summed E-state index contributed by atoms with van der Waals surface area (Å²) < 4.78 is 42.8. The minimum atomic E-state index is -4.41. The van der Waals surface area contributed by atoms with Crippen LogP contribution < -0.4 is 5.32 Å². The van der Waals surface area contributed by atoms with Crippen molar-refractivity contribution in [3.63, 3.8) is 0 Å². The number of hydrogen-bond acceptors (Lipinski definition) is 4. The van der Waals surface area contributed by atoms with Gasteiger partial charge in [-0.1, -0.05) is 0 Å². The fourth-order valence-electron chi connectivity index (χ4n) is 3.31. The van der Waals surface area contributed by atoms with Crippen LogP contribution in [0.15, 0.2) is 42.6 Å². The normalized spacial score (nSPS) is 15.0. The molecule has 1 aliphatic heterocycles. The predicted octanol–water partition coefficient (Wildman–Crippen LogP) is 4.69. The van der Waals surface area contributed by atoms with Crippen LogP contribution in [0.2, 0.25) is 0 Å². The van der Waals surface area contributed by atoms with Gasteiger partial charge in [-0.3, -0.25) is 4.98 Å². The van der Waals surface area contributed by atoms with Gasteiger partial charge in [-0.25, -0.2) is 9.59 Å². The minimum Gasteiger partial charge on any atom is -0.462 e. The van der Waals surface area contributed by atoms with E-state index in [0.717, 1.165) is 17.8 Å². The number of carbonyl (C=O) groups excluding carboxylic acids is 2. The van der Waals surface area contributed by atoms with E-state index in [1.807, 2.05) is 0 Å². The Hall–Kier alpha value is -3.10. The van der Waals surface area contributed by atoms with Crippen LogP contribution in [0.4, 0.5) is 23.7 Å². The van der Waals surface area contributed by atoms with Gasteiger partial charge >= 0.3 is 18.2 Å². The number of carbonyl (C=O) groups is 2. The molecule has 0 unspecified atom stereocenters. The third kappa shape index (κ3) is 5.28. The second-order valence-electron chi connectivity index (χ2n) is 6.96. The fraction of sp³-hybridized carbons (Fsp3) is 0.381. The van der Waals surface area contributed by atoms with Gasteiger partial charge in [0, 0.05) is 36.6 Å². The van der Waals surface area contributed by atoms with Crippen molar-refractivity contribution in [2.75, 3.05) is 25.0 Å². The van der Waals surface area contributed by atoms with Crippen LogP contribution in [0.25, 0.3) is 0 Å². The number of likely N-dealkylation sites (tertiary alicyclic amines) is 1. The number of urea groups is 1. The number of halogens is 3. The summed E-state index contributed by atoms with van der Waals surface area (Å²) in [4.78, 5) is 30.1. The van der Waals surface area contributed by atoms with Crippen LogP contribution in [0.5, 0.6) is 0 Å². The molecule has 6 nitrogen and oxygen atoms in total. The zero-order chi connectivity index (χ0) is 21.7. The maximum Gasteiger partial charge on any atom is 0.416 e. The van der Waals surface area contributed by atoms with E-state index in [-0.39, 0.29) is 11.9 Å². The van der Waals surface area contributed by atoms with E-state index in [1.54, 1.807) is 24.0 Å². The summed E-state index contributed by atoms with van der Waals surface area (Å²) in [6.45, 7) is 3.03. The summed E-state index contributed by atoms with van der Waals surface area (Å²) in [6, 6.07) is 7.49. The number of nitrogens with zero attached hydrogens (tertiary/aromatic N) is 2. The predicted molar refractivity (Wildman–Crippen MR) is 104 cm³/mol. The second-order valence-corrected chi connectivity index (χ2v) is 6.96. The van der Waals surface area contributed by atoms with Crippen molar-refractivity contribution >= 4 is 17.7 Å². The smallest absolute Gasteiger partial charge is 0.416 e. The highest BCUT2D eigenvalue weighted by Crippen LogP contribution is 2.30. The molecule has 2 amide bonds. The lowest BCUT2D eigenvalue weighted by Crippen LogP contribution is -2.40. The van der Waals surface area contributed by atoms with Crippen molar-refractivity contribution in [3.05, 3.63) is 59.4 Å². The third-order valence-corrected chi connectivity index (χ3v) is 4.96. The lowest BCUT2D eigenvalue weighted by molar-refractivity contribution is -0.137.